The fraction of sp³-hybridized carbons (Fsp3) is 0.583. The van der Waals surface area contributed by atoms with E-state index in [0.717, 1.165) is 0 Å². The van der Waals surface area contributed by atoms with E-state index in [1.165, 1.54) is 11.3 Å². The monoisotopic (exact) mass is 285 g/mol. The fourth-order valence-electron chi connectivity index (χ4n) is 1.23. The molecule has 1 aromatic rings. The highest BCUT2D eigenvalue weighted by Gasteiger charge is 2.11. The average Bonchev–Trinajstić information content (AvgIpc) is 2.76. The molecule has 0 aromatic carbocycles. The molecule has 1 aromatic heterocycles. The first-order chi connectivity index (χ1) is 9.02. The number of nitrogens with one attached hydrogen (secondary N) is 2. The predicted molar refractivity (Wildman–Crippen MR) is 74.0 cm³/mol. The van der Waals surface area contributed by atoms with Crippen LogP contribution in [0.25, 0.3) is 0 Å². The van der Waals surface area contributed by atoms with Gasteiger partial charge in [0.2, 0.25) is 11.8 Å². The first-order valence-corrected chi connectivity index (χ1v) is 7.03. The minimum atomic E-state index is -0.138. The standard InChI is InChI=1S/C12H19N3O3S/c1-8(2)11(18)15-12-14-9(7-19-12)6-10(17)13-4-3-5-16/h7-8,16H,3-6H2,1-2H3,(H,13,17)(H,14,15,18). The van der Waals surface area contributed by atoms with Crippen LogP contribution in [0.2, 0.25) is 0 Å². The highest BCUT2D eigenvalue weighted by atomic mass is 32.1. The van der Waals surface area contributed by atoms with Crippen molar-refractivity contribution in [1.82, 2.24) is 10.3 Å². The van der Waals surface area contributed by atoms with Gasteiger partial charge >= 0.3 is 0 Å². The molecular weight excluding hydrogens is 266 g/mol. The maximum atomic E-state index is 11.5. The zero-order valence-electron chi connectivity index (χ0n) is 11.1. The van der Waals surface area contributed by atoms with Gasteiger partial charge in [-0.15, -0.1) is 11.3 Å². The summed E-state index contributed by atoms with van der Waals surface area (Å²) in [6, 6.07) is 0. The second-order valence-electron chi connectivity index (χ2n) is 4.39. The molecule has 6 nitrogen and oxygen atoms in total. The lowest BCUT2D eigenvalue weighted by Gasteiger charge is -2.03. The Morgan fingerprint density at radius 1 is 1.47 bits per heavy atom. The van der Waals surface area contributed by atoms with Crippen molar-refractivity contribution in [2.75, 3.05) is 18.5 Å². The molecule has 1 heterocycles. The van der Waals surface area contributed by atoms with Crippen molar-refractivity contribution in [3.63, 3.8) is 0 Å². The molecule has 0 aliphatic heterocycles. The van der Waals surface area contributed by atoms with Crippen molar-refractivity contribution < 1.29 is 14.7 Å². The number of rotatable bonds is 7. The number of carbonyl (C=O) groups excluding carboxylic acids is 2. The molecule has 0 radical (unpaired) electrons. The smallest absolute Gasteiger partial charge is 0.228 e. The van der Waals surface area contributed by atoms with Crippen molar-refractivity contribution in [2.45, 2.75) is 26.7 Å². The van der Waals surface area contributed by atoms with Crippen LogP contribution in [-0.4, -0.2) is 35.1 Å². The van der Waals surface area contributed by atoms with Crippen LogP contribution in [-0.2, 0) is 16.0 Å². The first-order valence-electron chi connectivity index (χ1n) is 6.15. The SMILES string of the molecule is CC(C)C(=O)Nc1nc(CC(=O)NCCCO)cs1. The highest BCUT2D eigenvalue weighted by Crippen LogP contribution is 2.16. The number of aromatic nitrogens is 1. The van der Waals surface area contributed by atoms with Gasteiger partial charge in [-0.05, 0) is 6.42 Å². The summed E-state index contributed by atoms with van der Waals surface area (Å²) in [6.07, 6.45) is 0.720. The molecule has 19 heavy (non-hydrogen) atoms. The molecular formula is C12H19N3O3S. The Morgan fingerprint density at radius 3 is 2.84 bits per heavy atom. The number of anilines is 1. The first kappa shape index (κ1) is 15.6. The van der Waals surface area contributed by atoms with Gasteiger partial charge in [0.15, 0.2) is 5.13 Å². The third kappa shape index (κ3) is 5.80. The quantitative estimate of drug-likeness (QED) is 0.646. The molecule has 0 saturated carbocycles. The average molecular weight is 285 g/mol. The van der Waals surface area contributed by atoms with E-state index in [-0.39, 0.29) is 30.8 Å². The van der Waals surface area contributed by atoms with Crippen molar-refractivity contribution in [3.05, 3.63) is 11.1 Å². The molecule has 7 heteroatoms. The van der Waals surface area contributed by atoms with E-state index in [0.29, 0.717) is 23.8 Å². The van der Waals surface area contributed by atoms with Crippen LogP contribution in [0.15, 0.2) is 5.38 Å². The molecule has 0 aliphatic rings. The lowest BCUT2D eigenvalue weighted by atomic mass is 10.2. The zero-order chi connectivity index (χ0) is 14.3. The van der Waals surface area contributed by atoms with Gasteiger partial charge in [-0.3, -0.25) is 9.59 Å². The third-order valence-corrected chi connectivity index (χ3v) is 3.11. The van der Waals surface area contributed by atoms with Crippen LogP contribution in [0.5, 0.6) is 0 Å². The number of thiazole rings is 1. The molecule has 1 rings (SSSR count). The molecule has 0 bridgehead atoms. The van der Waals surface area contributed by atoms with Gasteiger partial charge in [-0.2, -0.15) is 0 Å². The Hall–Kier alpha value is -1.47. The summed E-state index contributed by atoms with van der Waals surface area (Å²) in [5.74, 6) is -0.331. The summed E-state index contributed by atoms with van der Waals surface area (Å²) < 4.78 is 0. The minimum Gasteiger partial charge on any atom is -0.396 e. The Morgan fingerprint density at radius 2 is 2.21 bits per heavy atom. The largest absolute Gasteiger partial charge is 0.396 e. The van der Waals surface area contributed by atoms with Gasteiger partial charge in [0.25, 0.3) is 0 Å². The summed E-state index contributed by atoms with van der Waals surface area (Å²) in [6.45, 7) is 4.12. The molecule has 0 unspecified atom stereocenters. The number of carbonyl (C=O) groups is 2. The van der Waals surface area contributed by atoms with Crippen LogP contribution >= 0.6 is 11.3 Å². The van der Waals surface area contributed by atoms with Crippen molar-refractivity contribution in [1.29, 1.82) is 0 Å². The summed E-state index contributed by atoms with van der Waals surface area (Å²) in [7, 11) is 0. The normalized spacial score (nSPS) is 10.5. The van der Waals surface area contributed by atoms with Gasteiger partial charge in [0.1, 0.15) is 0 Å². The van der Waals surface area contributed by atoms with Gasteiger partial charge in [-0.1, -0.05) is 13.8 Å². The molecule has 106 valence electrons. The van der Waals surface area contributed by atoms with Gasteiger partial charge in [0.05, 0.1) is 12.1 Å². The maximum absolute atomic E-state index is 11.5. The second kappa shape index (κ2) is 7.85. The lowest BCUT2D eigenvalue weighted by Crippen LogP contribution is -2.26. The second-order valence-corrected chi connectivity index (χ2v) is 5.25. The Labute approximate surface area is 116 Å². The molecule has 0 aliphatic carbocycles. The topological polar surface area (TPSA) is 91.3 Å². The Balaban J connectivity index is 2.42. The molecule has 0 atom stereocenters. The Bertz CT molecular complexity index is 432. The maximum Gasteiger partial charge on any atom is 0.228 e. The lowest BCUT2D eigenvalue weighted by molar-refractivity contribution is -0.120. The number of amides is 2. The third-order valence-electron chi connectivity index (χ3n) is 2.30. The van der Waals surface area contributed by atoms with Crippen molar-refractivity contribution >= 4 is 28.3 Å². The van der Waals surface area contributed by atoms with Crippen molar-refractivity contribution in [2.24, 2.45) is 5.92 Å². The molecule has 3 N–H and O–H groups in total. The van der Waals surface area contributed by atoms with Crippen molar-refractivity contribution in [3.8, 4) is 0 Å². The van der Waals surface area contributed by atoms with E-state index in [4.69, 9.17) is 5.11 Å². The van der Waals surface area contributed by atoms with Crippen LogP contribution in [0.3, 0.4) is 0 Å². The summed E-state index contributed by atoms with van der Waals surface area (Å²) in [4.78, 5) is 27.2. The van der Waals surface area contributed by atoms with E-state index in [2.05, 4.69) is 15.6 Å². The number of aliphatic hydroxyl groups is 1. The predicted octanol–water partition coefficient (Wildman–Crippen LogP) is 0.779. The summed E-state index contributed by atoms with van der Waals surface area (Å²) in [5.41, 5.74) is 0.630. The van der Waals surface area contributed by atoms with Crippen LogP contribution in [0.4, 0.5) is 5.13 Å². The van der Waals surface area contributed by atoms with E-state index in [1.807, 2.05) is 0 Å². The van der Waals surface area contributed by atoms with Crippen LogP contribution in [0, 0.1) is 5.92 Å². The molecule has 0 fully saturated rings. The fourth-order valence-corrected chi connectivity index (χ4v) is 1.94. The Kier molecular flexibility index (Phi) is 6.44. The van der Waals surface area contributed by atoms with Crippen LogP contribution in [0.1, 0.15) is 26.0 Å². The van der Waals surface area contributed by atoms with E-state index in [9.17, 15) is 9.59 Å². The summed E-state index contributed by atoms with van der Waals surface area (Å²) in [5, 5.41) is 16.2. The molecule has 0 saturated heterocycles. The van der Waals surface area contributed by atoms with E-state index in [1.54, 1.807) is 19.2 Å². The number of aliphatic hydroxyl groups excluding tert-OH is 1. The van der Waals surface area contributed by atoms with E-state index >= 15 is 0 Å². The van der Waals surface area contributed by atoms with Gasteiger partial charge in [-0.25, -0.2) is 4.98 Å². The van der Waals surface area contributed by atoms with E-state index < -0.39 is 0 Å². The number of hydrogen-bond acceptors (Lipinski definition) is 5. The summed E-state index contributed by atoms with van der Waals surface area (Å²) >= 11 is 1.30. The van der Waals surface area contributed by atoms with Gasteiger partial charge in [0, 0.05) is 24.4 Å². The minimum absolute atomic E-state index is 0.0579. The van der Waals surface area contributed by atoms with Crippen LogP contribution < -0.4 is 10.6 Å². The molecule has 0 spiro atoms. The zero-order valence-corrected chi connectivity index (χ0v) is 11.9. The highest BCUT2D eigenvalue weighted by molar-refractivity contribution is 7.13. The molecule has 2 amide bonds. The number of nitrogens with zero attached hydrogens (tertiary/aromatic N) is 1. The number of hydrogen-bond donors (Lipinski definition) is 3. The van der Waals surface area contributed by atoms with Gasteiger partial charge < -0.3 is 15.7 Å².